The summed E-state index contributed by atoms with van der Waals surface area (Å²) in [5, 5.41) is 0.914. The molecule has 18 heavy (non-hydrogen) atoms. The third-order valence-electron chi connectivity index (χ3n) is 2.69. The van der Waals surface area contributed by atoms with E-state index in [9.17, 15) is 4.39 Å². The van der Waals surface area contributed by atoms with E-state index in [0.717, 1.165) is 30.3 Å². The van der Waals surface area contributed by atoms with Crippen molar-refractivity contribution in [3.63, 3.8) is 0 Å². The summed E-state index contributed by atoms with van der Waals surface area (Å²) in [4.78, 5) is 0. The molecule has 0 aliphatic rings. The Morgan fingerprint density at radius 2 is 2.06 bits per heavy atom. The highest BCUT2D eigenvalue weighted by molar-refractivity contribution is 9.09. The maximum absolute atomic E-state index is 13.1. The normalized spacial score (nSPS) is 13.6. The lowest BCUT2D eigenvalue weighted by Crippen LogP contribution is -2.21. The van der Waals surface area contributed by atoms with E-state index in [4.69, 9.17) is 4.74 Å². The van der Waals surface area contributed by atoms with Gasteiger partial charge in [0, 0.05) is 11.9 Å². The van der Waals surface area contributed by atoms with Crippen LogP contribution in [0.25, 0.3) is 0 Å². The topological polar surface area (TPSA) is 9.23 Å². The SMILES string of the molecule is CC(C)(C)OCCC(CBr)Cc1cccc(F)c1. The van der Waals surface area contributed by atoms with Crippen molar-refractivity contribution in [3.8, 4) is 0 Å². The Hall–Kier alpha value is -0.410. The Kier molecular flexibility index (Phi) is 6.30. The van der Waals surface area contributed by atoms with E-state index >= 15 is 0 Å². The van der Waals surface area contributed by atoms with Gasteiger partial charge in [-0.15, -0.1) is 0 Å². The van der Waals surface area contributed by atoms with E-state index in [1.54, 1.807) is 12.1 Å². The molecule has 0 radical (unpaired) electrons. The highest BCUT2D eigenvalue weighted by atomic mass is 79.9. The number of rotatable bonds is 6. The minimum atomic E-state index is -0.160. The summed E-state index contributed by atoms with van der Waals surface area (Å²) in [6.45, 7) is 6.92. The van der Waals surface area contributed by atoms with Crippen LogP contribution in [0.4, 0.5) is 4.39 Å². The smallest absolute Gasteiger partial charge is 0.123 e. The molecule has 3 heteroatoms. The van der Waals surface area contributed by atoms with Gasteiger partial charge in [0.25, 0.3) is 0 Å². The minimum Gasteiger partial charge on any atom is -0.376 e. The van der Waals surface area contributed by atoms with Crippen molar-refractivity contribution in [2.24, 2.45) is 5.92 Å². The Morgan fingerprint density at radius 3 is 2.61 bits per heavy atom. The number of benzene rings is 1. The van der Waals surface area contributed by atoms with Crippen LogP contribution in [-0.4, -0.2) is 17.5 Å². The predicted molar refractivity (Wildman–Crippen MR) is 77.7 cm³/mol. The van der Waals surface area contributed by atoms with Crippen LogP contribution in [0.1, 0.15) is 32.8 Å². The summed E-state index contributed by atoms with van der Waals surface area (Å²) < 4.78 is 18.8. The van der Waals surface area contributed by atoms with E-state index in [1.807, 2.05) is 6.07 Å². The largest absolute Gasteiger partial charge is 0.376 e. The van der Waals surface area contributed by atoms with Crippen LogP contribution in [0.2, 0.25) is 0 Å². The summed E-state index contributed by atoms with van der Waals surface area (Å²) in [5.41, 5.74) is 0.964. The van der Waals surface area contributed by atoms with Crippen molar-refractivity contribution in [1.82, 2.24) is 0 Å². The van der Waals surface area contributed by atoms with Gasteiger partial charge in [0.05, 0.1) is 5.60 Å². The maximum Gasteiger partial charge on any atom is 0.123 e. The number of alkyl halides is 1. The molecule has 102 valence electrons. The van der Waals surface area contributed by atoms with Gasteiger partial charge in [0.1, 0.15) is 5.82 Å². The Labute approximate surface area is 118 Å². The third-order valence-corrected chi connectivity index (χ3v) is 3.61. The van der Waals surface area contributed by atoms with Crippen molar-refractivity contribution in [2.45, 2.75) is 39.2 Å². The zero-order valence-electron chi connectivity index (χ0n) is 11.4. The van der Waals surface area contributed by atoms with Gasteiger partial charge in [-0.05, 0) is 57.2 Å². The van der Waals surface area contributed by atoms with E-state index in [1.165, 1.54) is 6.07 Å². The summed E-state index contributed by atoms with van der Waals surface area (Å²) >= 11 is 3.52. The molecule has 0 aliphatic heterocycles. The zero-order valence-corrected chi connectivity index (χ0v) is 13.0. The van der Waals surface area contributed by atoms with Crippen LogP contribution in [0.15, 0.2) is 24.3 Å². The average molecular weight is 317 g/mol. The number of hydrogen-bond donors (Lipinski definition) is 0. The predicted octanol–water partition coefficient (Wildman–Crippen LogP) is 4.58. The fourth-order valence-electron chi connectivity index (χ4n) is 1.76. The molecule has 0 fully saturated rings. The van der Waals surface area contributed by atoms with Gasteiger partial charge in [-0.2, -0.15) is 0 Å². The van der Waals surface area contributed by atoms with Gasteiger partial charge in [0.2, 0.25) is 0 Å². The molecule has 1 rings (SSSR count). The van der Waals surface area contributed by atoms with Gasteiger partial charge in [0.15, 0.2) is 0 Å². The van der Waals surface area contributed by atoms with E-state index in [0.29, 0.717) is 5.92 Å². The first-order chi connectivity index (χ1) is 8.40. The van der Waals surface area contributed by atoms with E-state index in [-0.39, 0.29) is 11.4 Å². The van der Waals surface area contributed by atoms with Gasteiger partial charge in [-0.3, -0.25) is 0 Å². The second-order valence-corrected chi connectivity index (χ2v) is 6.25. The number of hydrogen-bond acceptors (Lipinski definition) is 1. The van der Waals surface area contributed by atoms with Crippen LogP contribution in [0.3, 0.4) is 0 Å². The van der Waals surface area contributed by atoms with E-state index in [2.05, 4.69) is 36.7 Å². The first kappa shape index (κ1) is 15.6. The van der Waals surface area contributed by atoms with Crippen LogP contribution in [0, 0.1) is 11.7 Å². The maximum atomic E-state index is 13.1. The number of halogens is 2. The molecule has 1 atom stereocenters. The first-order valence-electron chi connectivity index (χ1n) is 6.35. The molecule has 0 aliphatic carbocycles. The van der Waals surface area contributed by atoms with Crippen molar-refractivity contribution in [3.05, 3.63) is 35.6 Å². The van der Waals surface area contributed by atoms with Crippen molar-refractivity contribution >= 4 is 15.9 Å². The fourth-order valence-corrected chi connectivity index (χ4v) is 2.32. The van der Waals surface area contributed by atoms with Crippen LogP contribution >= 0.6 is 15.9 Å². The van der Waals surface area contributed by atoms with Gasteiger partial charge in [-0.1, -0.05) is 28.1 Å². The molecule has 1 unspecified atom stereocenters. The lowest BCUT2D eigenvalue weighted by Gasteiger charge is -2.21. The van der Waals surface area contributed by atoms with Gasteiger partial charge in [-0.25, -0.2) is 4.39 Å². The van der Waals surface area contributed by atoms with E-state index < -0.39 is 0 Å². The highest BCUT2D eigenvalue weighted by Crippen LogP contribution is 2.17. The summed E-state index contributed by atoms with van der Waals surface area (Å²) in [6, 6.07) is 6.83. The molecule has 0 bridgehead atoms. The molecule has 0 aromatic heterocycles. The molecule has 1 aromatic carbocycles. The van der Waals surface area contributed by atoms with Crippen molar-refractivity contribution in [2.75, 3.05) is 11.9 Å². The fraction of sp³-hybridized carbons (Fsp3) is 0.600. The summed E-state index contributed by atoms with van der Waals surface area (Å²) in [7, 11) is 0. The van der Waals surface area contributed by atoms with Crippen LogP contribution in [-0.2, 0) is 11.2 Å². The van der Waals surface area contributed by atoms with Crippen LogP contribution in [0.5, 0.6) is 0 Å². The summed E-state index contributed by atoms with van der Waals surface area (Å²) in [5.74, 6) is 0.320. The molecule has 0 saturated heterocycles. The van der Waals surface area contributed by atoms with Gasteiger partial charge >= 0.3 is 0 Å². The molecule has 0 amide bonds. The van der Waals surface area contributed by atoms with Crippen LogP contribution < -0.4 is 0 Å². The summed E-state index contributed by atoms with van der Waals surface area (Å²) in [6.07, 6.45) is 1.87. The molecular weight excluding hydrogens is 295 g/mol. The Bertz CT molecular complexity index is 360. The zero-order chi connectivity index (χ0) is 13.6. The third kappa shape index (κ3) is 6.50. The standard InChI is InChI=1S/C15H22BrFO/c1-15(2,3)18-8-7-13(11-16)9-12-5-4-6-14(17)10-12/h4-6,10,13H,7-9,11H2,1-3H3. The second kappa shape index (κ2) is 7.25. The molecule has 0 N–H and O–H groups in total. The molecule has 1 nitrogen and oxygen atoms in total. The monoisotopic (exact) mass is 316 g/mol. The van der Waals surface area contributed by atoms with Crippen molar-refractivity contribution < 1.29 is 9.13 Å². The average Bonchev–Trinajstić information content (AvgIpc) is 2.26. The molecule has 0 heterocycles. The molecule has 1 aromatic rings. The quantitative estimate of drug-likeness (QED) is 0.698. The highest BCUT2D eigenvalue weighted by Gasteiger charge is 2.13. The Balaban J connectivity index is 2.42. The molecule has 0 saturated carbocycles. The number of ether oxygens (including phenoxy) is 1. The minimum absolute atomic E-state index is 0.0876. The van der Waals surface area contributed by atoms with Gasteiger partial charge < -0.3 is 4.74 Å². The molecular formula is C15H22BrFO. The lowest BCUT2D eigenvalue weighted by molar-refractivity contribution is -0.00821. The Morgan fingerprint density at radius 1 is 1.33 bits per heavy atom. The van der Waals surface area contributed by atoms with Crippen molar-refractivity contribution in [1.29, 1.82) is 0 Å². The first-order valence-corrected chi connectivity index (χ1v) is 7.47. The lowest BCUT2D eigenvalue weighted by atomic mass is 9.98. The second-order valence-electron chi connectivity index (χ2n) is 5.60. The molecule has 0 spiro atoms.